The van der Waals surface area contributed by atoms with Gasteiger partial charge in [0.2, 0.25) is 5.91 Å². The molecule has 0 saturated carbocycles. The van der Waals surface area contributed by atoms with Gasteiger partial charge < -0.3 is 10.1 Å². The molecule has 0 saturated heterocycles. The summed E-state index contributed by atoms with van der Waals surface area (Å²) in [5.74, 6) is 0.644. The first-order valence-corrected chi connectivity index (χ1v) is 6.96. The molecule has 21 heavy (non-hydrogen) atoms. The van der Waals surface area contributed by atoms with Crippen LogP contribution in [-0.2, 0) is 4.79 Å². The summed E-state index contributed by atoms with van der Waals surface area (Å²) >= 11 is 0. The molecular formula is C18H19NO2. The van der Waals surface area contributed by atoms with Gasteiger partial charge in [-0.3, -0.25) is 4.79 Å². The minimum absolute atomic E-state index is 0.153. The lowest BCUT2D eigenvalue weighted by atomic mass is 10.1. The summed E-state index contributed by atoms with van der Waals surface area (Å²) in [4.78, 5) is 11.8. The average molecular weight is 281 g/mol. The van der Waals surface area contributed by atoms with Crippen molar-refractivity contribution in [1.82, 2.24) is 0 Å². The van der Waals surface area contributed by atoms with Gasteiger partial charge in [0.25, 0.3) is 0 Å². The molecule has 0 spiro atoms. The summed E-state index contributed by atoms with van der Waals surface area (Å²) in [6.07, 6.45) is 3.32. The highest BCUT2D eigenvalue weighted by Crippen LogP contribution is 2.15. The van der Waals surface area contributed by atoms with Crippen molar-refractivity contribution in [1.29, 1.82) is 0 Å². The third-order valence-electron chi connectivity index (χ3n) is 2.94. The van der Waals surface area contributed by atoms with Crippen LogP contribution in [0.5, 0.6) is 5.75 Å². The number of hydrogen-bond donors (Lipinski definition) is 1. The van der Waals surface area contributed by atoms with Crippen LogP contribution in [0.25, 0.3) is 6.08 Å². The third-order valence-corrected chi connectivity index (χ3v) is 2.94. The highest BCUT2D eigenvalue weighted by atomic mass is 16.5. The third kappa shape index (κ3) is 4.80. The maximum absolute atomic E-state index is 11.8. The van der Waals surface area contributed by atoms with Gasteiger partial charge in [0.05, 0.1) is 6.61 Å². The lowest BCUT2D eigenvalue weighted by molar-refractivity contribution is -0.111. The number of nitrogens with one attached hydrogen (secondary N) is 1. The molecule has 0 radical (unpaired) electrons. The summed E-state index contributed by atoms with van der Waals surface area (Å²) < 4.78 is 5.35. The molecule has 1 amide bonds. The van der Waals surface area contributed by atoms with Gasteiger partial charge in [0.15, 0.2) is 0 Å². The van der Waals surface area contributed by atoms with E-state index in [0.717, 1.165) is 17.0 Å². The van der Waals surface area contributed by atoms with Crippen LogP contribution in [-0.4, -0.2) is 12.5 Å². The molecule has 0 aromatic heterocycles. The van der Waals surface area contributed by atoms with Gasteiger partial charge in [-0.1, -0.05) is 29.8 Å². The van der Waals surface area contributed by atoms with Crippen LogP contribution in [0.15, 0.2) is 54.6 Å². The van der Waals surface area contributed by atoms with E-state index in [1.54, 1.807) is 6.08 Å². The predicted molar refractivity (Wildman–Crippen MR) is 86.5 cm³/mol. The molecule has 3 heteroatoms. The number of aryl methyl sites for hydroxylation is 1. The summed E-state index contributed by atoms with van der Waals surface area (Å²) in [6, 6.07) is 15.3. The van der Waals surface area contributed by atoms with Gasteiger partial charge in [0, 0.05) is 11.8 Å². The smallest absolute Gasteiger partial charge is 0.248 e. The fourth-order valence-electron chi connectivity index (χ4n) is 1.83. The van der Waals surface area contributed by atoms with Crippen molar-refractivity contribution in [3.63, 3.8) is 0 Å². The minimum Gasteiger partial charge on any atom is -0.494 e. The first-order valence-electron chi connectivity index (χ1n) is 6.96. The van der Waals surface area contributed by atoms with E-state index in [4.69, 9.17) is 4.74 Å². The average Bonchev–Trinajstić information content (AvgIpc) is 2.49. The second-order valence-corrected chi connectivity index (χ2v) is 4.69. The van der Waals surface area contributed by atoms with E-state index < -0.39 is 0 Å². The number of anilines is 1. The van der Waals surface area contributed by atoms with Crippen molar-refractivity contribution in [2.45, 2.75) is 13.8 Å². The normalized spacial score (nSPS) is 10.6. The van der Waals surface area contributed by atoms with Crippen molar-refractivity contribution in [2.75, 3.05) is 11.9 Å². The molecule has 0 aliphatic carbocycles. The van der Waals surface area contributed by atoms with Gasteiger partial charge in [0.1, 0.15) is 5.75 Å². The zero-order valence-electron chi connectivity index (χ0n) is 12.3. The summed E-state index contributed by atoms with van der Waals surface area (Å²) in [5, 5.41) is 2.81. The number of benzene rings is 2. The molecule has 0 atom stereocenters. The largest absolute Gasteiger partial charge is 0.494 e. The zero-order valence-corrected chi connectivity index (χ0v) is 12.3. The molecule has 3 nitrogen and oxygen atoms in total. The molecule has 2 aromatic rings. The van der Waals surface area contributed by atoms with Crippen LogP contribution in [0.1, 0.15) is 18.1 Å². The fourth-order valence-corrected chi connectivity index (χ4v) is 1.83. The second kappa shape index (κ2) is 7.29. The number of carbonyl (C=O) groups excluding carboxylic acids is 1. The highest BCUT2D eigenvalue weighted by Gasteiger charge is 1.98. The Balaban J connectivity index is 1.93. The lowest BCUT2D eigenvalue weighted by Crippen LogP contribution is -2.07. The molecule has 108 valence electrons. The predicted octanol–water partition coefficient (Wildman–Crippen LogP) is 4.05. The van der Waals surface area contributed by atoms with Crippen molar-refractivity contribution < 1.29 is 9.53 Å². The Bertz CT molecular complexity index is 613. The maximum atomic E-state index is 11.8. The van der Waals surface area contributed by atoms with Crippen molar-refractivity contribution >= 4 is 17.7 Å². The van der Waals surface area contributed by atoms with Gasteiger partial charge >= 0.3 is 0 Å². The van der Waals surface area contributed by atoms with Crippen LogP contribution in [0, 0.1) is 6.92 Å². The van der Waals surface area contributed by atoms with Crippen LogP contribution >= 0.6 is 0 Å². The molecule has 0 aliphatic rings. The Morgan fingerprint density at radius 1 is 1.10 bits per heavy atom. The topological polar surface area (TPSA) is 38.3 Å². The van der Waals surface area contributed by atoms with Crippen LogP contribution in [0.3, 0.4) is 0 Å². The van der Waals surface area contributed by atoms with Crippen LogP contribution in [0.4, 0.5) is 5.69 Å². The first kappa shape index (κ1) is 14.9. The lowest BCUT2D eigenvalue weighted by Gasteiger charge is -2.05. The fraction of sp³-hybridized carbons (Fsp3) is 0.167. The molecule has 0 heterocycles. The highest BCUT2D eigenvalue weighted by molar-refractivity contribution is 6.01. The summed E-state index contributed by atoms with van der Waals surface area (Å²) in [6.45, 7) is 4.60. The summed E-state index contributed by atoms with van der Waals surface area (Å²) in [7, 11) is 0. The van der Waals surface area contributed by atoms with E-state index in [9.17, 15) is 4.79 Å². The quantitative estimate of drug-likeness (QED) is 0.840. The zero-order chi connectivity index (χ0) is 15.1. The van der Waals surface area contributed by atoms with E-state index in [0.29, 0.717) is 6.61 Å². The van der Waals surface area contributed by atoms with Gasteiger partial charge in [-0.2, -0.15) is 0 Å². The first-order chi connectivity index (χ1) is 10.2. The van der Waals surface area contributed by atoms with Crippen LogP contribution < -0.4 is 10.1 Å². The Labute approximate surface area is 125 Å². The van der Waals surface area contributed by atoms with E-state index in [-0.39, 0.29) is 5.91 Å². The maximum Gasteiger partial charge on any atom is 0.248 e. The van der Waals surface area contributed by atoms with Crippen LogP contribution in [0.2, 0.25) is 0 Å². The molecule has 0 bridgehead atoms. The van der Waals surface area contributed by atoms with Gasteiger partial charge in [-0.05, 0) is 49.8 Å². The van der Waals surface area contributed by atoms with E-state index in [2.05, 4.69) is 5.32 Å². The SMILES string of the molecule is CCOc1ccc(NC(=O)/C=C/c2ccc(C)cc2)cc1. The Hall–Kier alpha value is -2.55. The molecule has 0 fully saturated rings. The number of carbonyl (C=O) groups is 1. The van der Waals surface area contributed by atoms with E-state index >= 15 is 0 Å². The molecule has 2 rings (SSSR count). The molecule has 0 unspecified atom stereocenters. The van der Waals surface area contributed by atoms with Crippen molar-refractivity contribution in [2.24, 2.45) is 0 Å². The number of hydrogen-bond acceptors (Lipinski definition) is 2. The number of ether oxygens (including phenoxy) is 1. The molecule has 0 aliphatic heterocycles. The minimum atomic E-state index is -0.153. The van der Waals surface area contributed by atoms with E-state index in [1.165, 1.54) is 11.6 Å². The van der Waals surface area contributed by atoms with Gasteiger partial charge in [-0.25, -0.2) is 0 Å². The Morgan fingerprint density at radius 3 is 2.38 bits per heavy atom. The Morgan fingerprint density at radius 2 is 1.76 bits per heavy atom. The monoisotopic (exact) mass is 281 g/mol. The van der Waals surface area contributed by atoms with Crippen molar-refractivity contribution in [3.8, 4) is 5.75 Å². The Kier molecular flexibility index (Phi) is 5.16. The number of amides is 1. The molecule has 2 aromatic carbocycles. The van der Waals surface area contributed by atoms with Gasteiger partial charge in [-0.15, -0.1) is 0 Å². The summed E-state index contributed by atoms with van der Waals surface area (Å²) in [5.41, 5.74) is 2.95. The standard InChI is InChI=1S/C18H19NO2/c1-3-21-17-11-9-16(10-12-17)19-18(20)13-8-15-6-4-14(2)5-7-15/h4-13H,3H2,1-2H3,(H,19,20)/b13-8+. The number of rotatable bonds is 5. The second-order valence-electron chi connectivity index (χ2n) is 4.69. The molecular weight excluding hydrogens is 262 g/mol. The molecule has 1 N–H and O–H groups in total. The van der Waals surface area contributed by atoms with Crippen molar-refractivity contribution in [3.05, 3.63) is 65.7 Å². The van der Waals surface area contributed by atoms with E-state index in [1.807, 2.05) is 62.4 Å².